The molecule has 0 fully saturated rings. The number of methoxy groups -OCH3 is 1. The van der Waals surface area contributed by atoms with Crippen molar-refractivity contribution in [2.24, 2.45) is 0 Å². The number of hydrogen-bond acceptors (Lipinski definition) is 3. The topological polar surface area (TPSA) is 63.1 Å². The van der Waals surface area contributed by atoms with Gasteiger partial charge in [0, 0.05) is 48.6 Å². The SMILES string of the molecule is COCC(=O)N1CCn2c(c(-c3cn[nH]c3)c3ccc(C)c(Cl)c32)C1. The summed E-state index contributed by atoms with van der Waals surface area (Å²) in [6.45, 7) is 4.00. The molecule has 0 aliphatic carbocycles. The number of nitrogens with zero attached hydrogens (tertiary/aromatic N) is 3. The second kappa shape index (κ2) is 6.20. The van der Waals surface area contributed by atoms with E-state index in [1.54, 1.807) is 6.20 Å². The molecule has 0 atom stereocenters. The summed E-state index contributed by atoms with van der Waals surface area (Å²) < 4.78 is 7.25. The lowest BCUT2D eigenvalue weighted by Crippen LogP contribution is -2.40. The molecule has 25 heavy (non-hydrogen) atoms. The zero-order valence-electron chi connectivity index (χ0n) is 14.2. The molecular weight excluding hydrogens is 340 g/mol. The molecule has 130 valence electrons. The van der Waals surface area contributed by atoms with Gasteiger partial charge in [0.25, 0.3) is 0 Å². The van der Waals surface area contributed by atoms with E-state index in [2.05, 4.69) is 20.8 Å². The van der Waals surface area contributed by atoms with Crippen LogP contribution in [0.4, 0.5) is 0 Å². The average molecular weight is 359 g/mol. The maximum Gasteiger partial charge on any atom is 0.248 e. The Morgan fingerprint density at radius 1 is 1.40 bits per heavy atom. The van der Waals surface area contributed by atoms with Crippen molar-refractivity contribution in [3.05, 3.63) is 40.8 Å². The molecule has 0 radical (unpaired) electrons. The summed E-state index contributed by atoms with van der Waals surface area (Å²) in [5, 5.41) is 8.83. The van der Waals surface area contributed by atoms with Crippen LogP contribution in [-0.4, -0.2) is 45.8 Å². The molecule has 4 rings (SSSR count). The number of benzene rings is 1. The largest absolute Gasteiger partial charge is 0.375 e. The molecule has 3 aromatic rings. The van der Waals surface area contributed by atoms with Crippen LogP contribution in [0.3, 0.4) is 0 Å². The quantitative estimate of drug-likeness (QED) is 0.782. The van der Waals surface area contributed by atoms with Crippen LogP contribution in [0.2, 0.25) is 5.02 Å². The summed E-state index contributed by atoms with van der Waals surface area (Å²) >= 11 is 6.64. The summed E-state index contributed by atoms with van der Waals surface area (Å²) in [5.41, 5.74) is 5.25. The van der Waals surface area contributed by atoms with Crippen molar-refractivity contribution in [1.82, 2.24) is 19.7 Å². The van der Waals surface area contributed by atoms with Crippen LogP contribution in [-0.2, 0) is 22.6 Å². The molecule has 0 saturated carbocycles. The van der Waals surface area contributed by atoms with E-state index in [-0.39, 0.29) is 12.5 Å². The normalized spacial score (nSPS) is 14.1. The Hall–Kier alpha value is -2.31. The van der Waals surface area contributed by atoms with Gasteiger partial charge in [-0.1, -0.05) is 23.7 Å². The first-order chi connectivity index (χ1) is 12.1. The van der Waals surface area contributed by atoms with Crippen molar-refractivity contribution in [3.63, 3.8) is 0 Å². The standard InChI is InChI=1S/C18H19ClN4O2/c1-11-3-4-13-16(12-7-20-21-8-12)14-9-22(15(24)10-25-2)5-6-23(14)18(13)17(11)19/h3-4,7-8H,5-6,9-10H2,1-2H3,(H,20,21). The van der Waals surface area contributed by atoms with E-state index >= 15 is 0 Å². The number of amides is 1. The highest BCUT2D eigenvalue weighted by Gasteiger charge is 2.28. The average Bonchev–Trinajstić information content (AvgIpc) is 3.23. The second-order valence-electron chi connectivity index (χ2n) is 6.30. The Labute approximate surface area is 150 Å². The van der Waals surface area contributed by atoms with E-state index in [4.69, 9.17) is 16.3 Å². The van der Waals surface area contributed by atoms with Gasteiger partial charge in [0.1, 0.15) is 6.61 Å². The van der Waals surface area contributed by atoms with Crippen molar-refractivity contribution in [3.8, 4) is 11.1 Å². The Balaban J connectivity index is 1.93. The van der Waals surface area contributed by atoms with Crippen LogP contribution in [0.25, 0.3) is 22.0 Å². The first-order valence-electron chi connectivity index (χ1n) is 8.18. The second-order valence-corrected chi connectivity index (χ2v) is 6.68. The lowest BCUT2D eigenvalue weighted by Gasteiger charge is -2.29. The predicted octanol–water partition coefficient (Wildman–Crippen LogP) is 2.98. The number of H-pyrrole nitrogens is 1. The third-order valence-electron chi connectivity index (χ3n) is 4.80. The molecule has 1 aliphatic rings. The fraction of sp³-hybridized carbons (Fsp3) is 0.333. The monoisotopic (exact) mass is 358 g/mol. The van der Waals surface area contributed by atoms with Crippen molar-refractivity contribution in [2.75, 3.05) is 20.3 Å². The van der Waals surface area contributed by atoms with Gasteiger partial charge < -0.3 is 14.2 Å². The third-order valence-corrected chi connectivity index (χ3v) is 5.28. The highest BCUT2D eigenvalue weighted by atomic mass is 35.5. The maximum absolute atomic E-state index is 12.3. The molecular formula is C18H19ClN4O2. The maximum atomic E-state index is 12.3. The molecule has 3 heterocycles. The van der Waals surface area contributed by atoms with Crippen LogP contribution in [0, 0.1) is 6.92 Å². The van der Waals surface area contributed by atoms with Crippen LogP contribution in [0.5, 0.6) is 0 Å². The van der Waals surface area contributed by atoms with Gasteiger partial charge in [-0.05, 0) is 12.5 Å². The Kier molecular flexibility index (Phi) is 4.01. The van der Waals surface area contributed by atoms with Crippen molar-refractivity contribution >= 4 is 28.4 Å². The van der Waals surface area contributed by atoms with Gasteiger partial charge in [0.2, 0.25) is 5.91 Å². The number of ether oxygens (including phenoxy) is 1. The fourth-order valence-corrected chi connectivity index (χ4v) is 3.85. The Morgan fingerprint density at radius 2 is 2.24 bits per heavy atom. The molecule has 1 N–H and O–H groups in total. The number of carbonyl (C=O) groups excluding carboxylic acids is 1. The van der Waals surface area contributed by atoms with Crippen LogP contribution in [0.1, 0.15) is 11.3 Å². The van der Waals surface area contributed by atoms with Crippen molar-refractivity contribution in [2.45, 2.75) is 20.0 Å². The van der Waals surface area contributed by atoms with Crippen LogP contribution < -0.4 is 0 Å². The van der Waals surface area contributed by atoms with Gasteiger partial charge in [0.05, 0.1) is 23.3 Å². The minimum atomic E-state index is -0.000530. The minimum absolute atomic E-state index is 0.000530. The number of fused-ring (bicyclic) bond motifs is 3. The molecule has 0 saturated heterocycles. The highest BCUT2D eigenvalue weighted by Crippen LogP contribution is 2.40. The van der Waals surface area contributed by atoms with Crippen molar-refractivity contribution in [1.29, 1.82) is 0 Å². The zero-order chi connectivity index (χ0) is 17.6. The first kappa shape index (κ1) is 16.2. The Bertz CT molecular complexity index is 946. The number of aromatic amines is 1. The summed E-state index contributed by atoms with van der Waals surface area (Å²) in [6.07, 6.45) is 3.68. The molecule has 7 heteroatoms. The highest BCUT2D eigenvalue weighted by molar-refractivity contribution is 6.36. The van der Waals surface area contributed by atoms with Crippen LogP contribution in [0.15, 0.2) is 24.5 Å². The molecule has 6 nitrogen and oxygen atoms in total. The van der Waals surface area contributed by atoms with E-state index in [0.717, 1.165) is 38.3 Å². The molecule has 2 aromatic heterocycles. The van der Waals surface area contributed by atoms with E-state index in [1.165, 1.54) is 7.11 Å². The molecule has 0 spiro atoms. The number of rotatable bonds is 3. The van der Waals surface area contributed by atoms with Crippen LogP contribution >= 0.6 is 11.6 Å². The summed E-state index contributed by atoms with van der Waals surface area (Å²) in [7, 11) is 1.54. The summed E-state index contributed by atoms with van der Waals surface area (Å²) in [5.74, 6) is -0.000530. The molecule has 0 unspecified atom stereocenters. The number of aromatic nitrogens is 3. The lowest BCUT2D eigenvalue weighted by molar-refractivity contribution is -0.136. The number of nitrogens with one attached hydrogen (secondary N) is 1. The molecule has 1 aromatic carbocycles. The number of carbonyl (C=O) groups is 1. The molecule has 1 aliphatic heterocycles. The third kappa shape index (κ3) is 2.53. The zero-order valence-corrected chi connectivity index (χ0v) is 14.9. The van der Waals surface area contributed by atoms with Gasteiger partial charge in [-0.25, -0.2) is 0 Å². The Morgan fingerprint density at radius 3 is 2.96 bits per heavy atom. The first-order valence-corrected chi connectivity index (χ1v) is 8.55. The minimum Gasteiger partial charge on any atom is -0.375 e. The van der Waals surface area contributed by atoms with Gasteiger partial charge >= 0.3 is 0 Å². The van der Waals surface area contributed by atoms with Gasteiger partial charge in [0.15, 0.2) is 0 Å². The molecule has 1 amide bonds. The lowest BCUT2D eigenvalue weighted by atomic mass is 10.0. The molecule has 0 bridgehead atoms. The van der Waals surface area contributed by atoms with Gasteiger partial charge in [-0.3, -0.25) is 9.89 Å². The van der Waals surface area contributed by atoms with Crippen molar-refractivity contribution < 1.29 is 9.53 Å². The van der Waals surface area contributed by atoms with Gasteiger partial charge in [-0.15, -0.1) is 0 Å². The van der Waals surface area contributed by atoms with E-state index in [0.29, 0.717) is 19.6 Å². The summed E-state index contributed by atoms with van der Waals surface area (Å²) in [4.78, 5) is 14.1. The fourth-order valence-electron chi connectivity index (χ4n) is 3.59. The van der Waals surface area contributed by atoms with E-state index in [9.17, 15) is 4.79 Å². The number of halogens is 1. The predicted molar refractivity (Wildman–Crippen MR) is 96.6 cm³/mol. The smallest absolute Gasteiger partial charge is 0.248 e. The number of aryl methyl sites for hydroxylation is 1. The van der Waals surface area contributed by atoms with Gasteiger partial charge in [-0.2, -0.15) is 5.10 Å². The number of hydrogen-bond donors (Lipinski definition) is 1. The summed E-state index contributed by atoms with van der Waals surface area (Å²) in [6, 6.07) is 4.14. The van der Waals surface area contributed by atoms with E-state index < -0.39 is 0 Å². The van der Waals surface area contributed by atoms with E-state index in [1.807, 2.05) is 24.1 Å².